The zero-order valence-electron chi connectivity index (χ0n) is 13.5. The molecule has 1 heterocycles. The summed E-state index contributed by atoms with van der Waals surface area (Å²) in [4.78, 5) is 25.9. The fourth-order valence-electron chi connectivity index (χ4n) is 3.01. The molecule has 0 fully saturated rings. The Labute approximate surface area is 136 Å². The summed E-state index contributed by atoms with van der Waals surface area (Å²) in [6, 6.07) is 8.88. The van der Waals surface area contributed by atoms with Gasteiger partial charge in [-0.25, -0.2) is 0 Å². The Bertz CT molecular complexity index is 596. The Balaban J connectivity index is 2.19. The highest BCUT2D eigenvalue weighted by Gasteiger charge is 2.41. The molecule has 124 valence electrons. The number of aliphatic hydroxyl groups excluding tert-OH is 1. The standard InChI is InChI=1S/C18H24N2O3/c1-13(21)15-16(14-9-5-4-6-10-14)20(18(23)17(15)22)12-8-3-2-7-11-19/h4-6,9-10,16,22H,2-3,7-8,11-12,19H2,1H3. The number of Topliss-reactive ketones (excluding diaryl/α,β-unsaturated/α-hetero) is 1. The van der Waals surface area contributed by atoms with Crippen LogP contribution < -0.4 is 5.73 Å². The Morgan fingerprint density at radius 2 is 1.83 bits per heavy atom. The lowest BCUT2D eigenvalue weighted by Gasteiger charge is -2.26. The summed E-state index contributed by atoms with van der Waals surface area (Å²) in [5.74, 6) is -1.13. The van der Waals surface area contributed by atoms with E-state index in [1.54, 1.807) is 4.90 Å². The number of amides is 1. The first-order chi connectivity index (χ1) is 11.1. The Morgan fingerprint density at radius 3 is 2.43 bits per heavy atom. The van der Waals surface area contributed by atoms with Crippen LogP contribution in [0.15, 0.2) is 41.7 Å². The van der Waals surface area contributed by atoms with Gasteiger partial charge in [-0.1, -0.05) is 43.2 Å². The average Bonchev–Trinajstić information content (AvgIpc) is 2.80. The summed E-state index contributed by atoms with van der Waals surface area (Å²) < 4.78 is 0. The van der Waals surface area contributed by atoms with E-state index in [-0.39, 0.29) is 11.4 Å². The third kappa shape index (κ3) is 3.79. The molecule has 0 saturated heterocycles. The van der Waals surface area contributed by atoms with Crippen LogP contribution in [0.4, 0.5) is 0 Å². The predicted molar refractivity (Wildman–Crippen MR) is 88.8 cm³/mol. The number of rotatable bonds is 8. The van der Waals surface area contributed by atoms with Crippen LogP contribution in [-0.2, 0) is 9.59 Å². The molecule has 1 aromatic carbocycles. The fraction of sp³-hybridized carbons (Fsp3) is 0.444. The normalized spacial score (nSPS) is 17.9. The number of carbonyl (C=O) groups excluding carboxylic acids is 2. The van der Waals surface area contributed by atoms with E-state index in [9.17, 15) is 14.7 Å². The molecule has 1 unspecified atom stereocenters. The maximum atomic E-state index is 12.4. The maximum absolute atomic E-state index is 12.4. The van der Waals surface area contributed by atoms with E-state index in [1.807, 2.05) is 30.3 Å². The number of benzene rings is 1. The molecule has 0 saturated carbocycles. The third-order valence-corrected chi connectivity index (χ3v) is 4.15. The van der Waals surface area contributed by atoms with Crippen LogP contribution in [0.25, 0.3) is 0 Å². The summed E-state index contributed by atoms with van der Waals surface area (Å²) in [5.41, 5.74) is 6.52. The lowest BCUT2D eigenvalue weighted by molar-refractivity contribution is -0.129. The lowest BCUT2D eigenvalue weighted by Crippen LogP contribution is -2.32. The van der Waals surface area contributed by atoms with Crippen LogP contribution in [0.1, 0.15) is 44.2 Å². The first-order valence-electron chi connectivity index (χ1n) is 8.08. The average molecular weight is 316 g/mol. The number of unbranched alkanes of at least 4 members (excludes halogenated alkanes) is 3. The Morgan fingerprint density at radius 1 is 1.17 bits per heavy atom. The highest BCUT2D eigenvalue weighted by atomic mass is 16.3. The van der Waals surface area contributed by atoms with Crippen molar-refractivity contribution in [1.29, 1.82) is 0 Å². The quantitative estimate of drug-likeness (QED) is 0.722. The Hall–Kier alpha value is -2.14. The molecule has 1 aromatic rings. The summed E-state index contributed by atoms with van der Waals surface area (Å²) >= 11 is 0. The highest BCUT2D eigenvalue weighted by Crippen LogP contribution is 2.37. The van der Waals surface area contributed by atoms with Crippen molar-refractivity contribution < 1.29 is 14.7 Å². The third-order valence-electron chi connectivity index (χ3n) is 4.15. The number of nitrogens with zero attached hydrogens (tertiary/aromatic N) is 1. The lowest BCUT2D eigenvalue weighted by atomic mass is 9.96. The molecule has 5 nitrogen and oxygen atoms in total. The Kier molecular flexibility index (Phi) is 5.93. The minimum atomic E-state index is -0.490. The summed E-state index contributed by atoms with van der Waals surface area (Å²) in [5, 5.41) is 10.1. The molecular formula is C18H24N2O3. The van der Waals surface area contributed by atoms with Gasteiger partial charge in [0.15, 0.2) is 11.5 Å². The SMILES string of the molecule is CC(=O)C1=C(O)C(=O)N(CCCCCCN)C1c1ccccc1. The molecule has 3 N–H and O–H groups in total. The minimum Gasteiger partial charge on any atom is -0.503 e. The van der Waals surface area contributed by atoms with Crippen LogP contribution in [0.2, 0.25) is 0 Å². The fourth-order valence-corrected chi connectivity index (χ4v) is 3.01. The number of aliphatic hydroxyl groups is 1. The molecule has 1 amide bonds. The van der Waals surface area contributed by atoms with Gasteiger partial charge >= 0.3 is 0 Å². The molecule has 1 aliphatic rings. The second-order valence-electron chi connectivity index (χ2n) is 5.83. The van der Waals surface area contributed by atoms with Crippen molar-refractivity contribution in [3.05, 3.63) is 47.2 Å². The number of carbonyl (C=O) groups is 2. The number of hydrogen-bond acceptors (Lipinski definition) is 4. The van der Waals surface area contributed by atoms with Crippen LogP contribution in [0.3, 0.4) is 0 Å². The molecule has 0 bridgehead atoms. The summed E-state index contributed by atoms with van der Waals surface area (Å²) in [7, 11) is 0. The van der Waals surface area contributed by atoms with Crippen molar-refractivity contribution >= 4 is 11.7 Å². The van der Waals surface area contributed by atoms with Crippen molar-refractivity contribution in [1.82, 2.24) is 4.90 Å². The molecule has 1 atom stereocenters. The van der Waals surface area contributed by atoms with Crippen LogP contribution in [0.5, 0.6) is 0 Å². The van der Waals surface area contributed by atoms with Gasteiger partial charge in [-0.2, -0.15) is 0 Å². The molecular weight excluding hydrogens is 292 g/mol. The first kappa shape index (κ1) is 17.2. The van der Waals surface area contributed by atoms with E-state index in [0.29, 0.717) is 13.1 Å². The van der Waals surface area contributed by atoms with E-state index in [0.717, 1.165) is 31.2 Å². The molecule has 0 spiro atoms. The van der Waals surface area contributed by atoms with E-state index < -0.39 is 17.7 Å². The van der Waals surface area contributed by atoms with Gasteiger partial charge in [0.25, 0.3) is 5.91 Å². The second-order valence-corrected chi connectivity index (χ2v) is 5.83. The van der Waals surface area contributed by atoms with Gasteiger partial charge < -0.3 is 15.7 Å². The molecule has 0 aromatic heterocycles. The number of ketones is 1. The van der Waals surface area contributed by atoms with E-state index >= 15 is 0 Å². The van der Waals surface area contributed by atoms with Crippen LogP contribution in [0, 0.1) is 0 Å². The van der Waals surface area contributed by atoms with Gasteiger partial charge in [-0.15, -0.1) is 0 Å². The number of nitrogens with two attached hydrogens (primary N) is 1. The maximum Gasteiger partial charge on any atom is 0.290 e. The van der Waals surface area contributed by atoms with E-state index in [4.69, 9.17) is 5.73 Å². The van der Waals surface area contributed by atoms with Crippen molar-refractivity contribution in [2.24, 2.45) is 5.73 Å². The summed E-state index contributed by atoms with van der Waals surface area (Å²) in [6.45, 7) is 2.58. The van der Waals surface area contributed by atoms with Crippen molar-refractivity contribution in [3.8, 4) is 0 Å². The van der Waals surface area contributed by atoms with Crippen LogP contribution >= 0.6 is 0 Å². The molecule has 2 rings (SSSR count). The molecule has 5 heteroatoms. The largest absolute Gasteiger partial charge is 0.503 e. The smallest absolute Gasteiger partial charge is 0.290 e. The first-order valence-corrected chi connectivity index (χ1v) is 8.08. The minimum absolute atomic E-state index is 0.197. The van der Waals surface area contributed by atoms with Gasteiger partial charge in [-0.05, 0) is 31.9 Å². The highest BCUT2D eigenvalue weighted by molar-refractivity contribution is 6.08. The van der Waals surface area contributed by atoms with E-state index in [2.05, 4.69) is 0 Å². The van der Waals surface area contributed by atoms with Gasteiger partial charge in [0.2, 0.25) is 0 Å². The van der Waals surface area contributed by atoms with Crippen molar-refractivity contribution in [2.75, 3.05) is 13.1 Å². The number of hydrogen-bond donors (Lipinski definition) is 2. The second kappa shape index (κ2) is 7.92. The van der Waals surface area contributed by atoms with Crippen LogP contribution in [-0.4, -0.2) is 34.8 Å². The van der Waals surface area contributed by atoms with Gasteiger partial charge in [-0.3, -0.25) is 9.59 Å². The molecule has 0 aliphatic carbocycles. The van der Waals surface area contributed by atoms with E-state index in [1.165, 1.54) is 6.92 Å². The van der Waals surface area contributed by atoms with Gasteiger partial charge in [0.05, 0.1) is 11.6 Å². The molecule has 1 aliphatic heterocycles. The molecule has 23 heavy (non-hydrogen) atoms. The monoisotopic (exact) mass is 316 g/mol. The topological polar surface area (TPSA) is 83.6 Å². The van der Waals surface area contributed by atoms with Crippen molar-refractivity contribution in [3.63, 3.8) is 0 Å². The molecule has 0 radical (unpaired) electrons. The zero-order chi connectivity index (χ0) is 16.8. The van der Waals surface area contributed by atoms with Gasteiger partial charge in [0.1, 0.15) is 0 Å². The summed E-state index contributed by atoms with van der Waals surface area (Å²) in [6.07, 6.45) is 3.79. The predicted octanol–water partition coefficient (Wildman–Crippen LogP) is 2.49. The van der Waals surface area contributed by atoms with Crippen molar-refractivity contribution in [2.45, 2.75) is 38.6 Å². The van der Waals surface area contributed by atoms with Gasteiger partial charge in [0, 0.05) is 6.54 Å². The zero-order valence-corrected chi connectivity index (χ0v) is 13.5.